The summed E-state index contributed by atoms with van der Waals surface area (Å²) >= 11 is 0. The Kier molecular flexibility index (Phi) is 1.87. The molecule has 1 aromatic heterocycles. The molecule has 1 saturated heterocycles. The zero-order chi connectivity index (χ0) is 9.47. The van der Waals surface area contributed by atoms with Gasteiger partial charge in [-0.1, -0.05) is 5.16 Å². The first-order valence-electron chi connectivity index (χ1n) is 4.55. The lowest BCUT2D eigenvalue weighted by molar-refractivity contribution is 0.0880. The van der Waals surface area contributed by atoms with E-state index < -0.39 is 0 Å². The summed E-state index contributed by atoms with van der Waals surface area (Å²) in [5, 5.41) is 3.80. The van der Waals surface area contributed by atoms with Gasteiger partial charge in [0.2, 0.25) is 5.89 Å². The Morgan fingerprint density at radius 2 is 2.31 bits per heavy atom. The van der Waals surface area contributed by atoms with Crippen molar-refractivity contribution in [1.82, 2.24) is 10.1 Å². The molecule has 4 heteroatoms. The van der Waals surface area contributed by atoms with Crippen molar-refractivity contribution in [2.45, 2.75) is 38.7 Å². The van der Waals surface area contributed by atoms with Gasteiger partial charge in [0.25, 0.3) is 0 Å². The third-order valence-electron chi connectivity index (χ3n) is 2.90. The minimum Gasteiger partial charge on any atom is -0.377 e. The van der Waals surface area contributed by atoms with E-state index in [-0.39, 0.29) is 11.5 Å². The average Bonchev–Trinajstić information content (AvgIpc) is 2.62. The number of hydrogen-bond acceptors (Lipinski definition) is 4. The van der Waals surface area contributed by atoms with Crippen LogP contribution in [-0.4, -0.2) is 22.9 Å². The van der Waals surface area contributed by atoms with Gasteiger partial charge in [0.1, 0.15) is 0 Å². The molecular weight excluding hydrogens is 168 g/mol. The topological polar surface area (TPSA) is 48.2 Å². The second-order valence-electron chi connectivity index (χ2n) is 3.83. The van der Waals surface area contributed by atoms with Crippen molar-refractivity contribution in [2.24, 2.45) is 0 Å². The van der Waals surface area contributed by atoms with Crippen LogP contribution in [0, 0.1) is 6.92 Å². The van der Waals surface area contributed by atoms with E-state index in [0.29, 0.717) is 11.7 Å². The molecule has 2 unspecified atom stereocenters. The van der Waals surface area contributed by atoms with Crippen LogP contribution in [0.4, 0.5) is 0 Å². The highest BCUT2D eigenvalue weighted by Crippen LogP contribution is 2.36. The maximum absolute atomic E-state index is 5.50. The number of hydrogen-bond donors (Lipinski definition) is 0. The molecule has 0 N–H and O–H groups in total. The van der Waals surface area contributed by atoms with Gasteiger partial charge < -0.3 is 9.26 Å². The summed E-state index contributed by atoms with van der Waals surface area (Å²) in [5.41, 5.74) is -0.0960. The minimum atomic E-state index is -0.0960. The fraction of sp³-hybridized carbons (Fsp3) is 0.778. The van der Waals surface area contributed by atoms with Crippen LogP contribution >= 0.6 is 0 Å². The predicted octanol–water partition coefficient (Wildman–Crippen LogP) is 1.44. The molecule has 0 aliphatic carbocycles. The molecule has 2 heterocycles. The summed E-state index contributed by atoms with van der Waals surface area (Å²) in [5.74, 6) is 1.39. The quantitative estimate of drug-likeness (QED) is 0.659. The van der Waals surface area contributed by atoms with Gasteiger partial charge in [-0.15, -0.1) is 0 Å². The van der Waals surface area contributed by atoms with Gasteiger partial charge in [0, 0.05) is 6.61 Å². The fourth-order valence-corrected chi connectivity index (χ4v) is 1.64. The first-order chi connectivity index (χ1) is 6.13. The number of rotatable bonds is 1. The van der Waals surface area contributed by atoms with Gasteiger partial charge in [-0.05, 0) is 27.2 Å². The summed E-state index contributed by atoms with van der Waals surface area (Å²) in [6.07, 6.45) is 1.11. The third-order valence-corrected chi connectivity index (χ3v) is 2.90. The van der Waals surface area contributed by atoms with E-state index in [1.807, 2.05) is 13.8 Å². The molecule has 1 aliphatic heterocycles. The lowest BCUT2D eigenvalue weighted by atomic mass is 9.84. The molecule has 4 nitrogen and oxygen atoms in total. The molecular formula is C9H14N2O2. The largest absolute Gasteiger partial charge is 0.377 e. The number of nitrogens with zero attached hydrogens (tertiary/aromatic N) is 2. The van der Waals surface area contributed by atoms with Crippen molar-refractivity contribution < 1.29 is 9.26 Å². The molecule has 72 valence electrons. The monoisotopic (exact) mass is 182 g/mol. The van der Waals surface area contributed by atoms with Gasteiger partial charge in [-0.3, -0.25) is 0 Å². The Hall–Kier alpha value is -0.900. The SMILES string of the molecule is Cc1noc(C2(C)CCOC2C)n1. The molecule has 1 fully saturated rings. The maximum Gasteiger partial charge on any atom is 0.235 e. The van der Waals surface area contributed by atoms with Gasteiger partial charge in [0.05, 0.1) is 11.5 Å². The van der Waals surface area contributed by atoms with Crippen LogP contribution in [0.2, 0.25) is 0 Å². The molecule has 0 aromatic carbocycles. The molecule has 13 heavy (non-hydrogen) atoms. The van der Waals surface area contributed by atoms with Gasteiger partial charge in [-0.2, -0.15) is 4.98 Å². The molecule has 2 rings (SSSR count). The highest BCUT2D eigenvalue weighted by atomic mass is 16.5. The van der Waals surface area contributed by atoms with Crippen molar-refractivity contribution in [3.05, 3.63) is 11.7 Å². The van der Waals surface area contributed by atoms with Crippen molar-refractivity contribution in [3.63, 3.8) is 0 Å². The van der Waals surface area contributed by atoms with Crippen LogP contribution in [0.3, 0.4) is 0 Å². The molecule has 0 spiro atoms. The first kappa shape index (κ1) is 8.69. The van der Waals surface area contributed by atoms with E-state index in [2.05, 4.69) is 17.1 Å². The molecule has 0 bridgehead atoms. The standard InChI is InChI=1S/C9H14N2O2/c1-6-9(3,4-5-12-6)8-10-7(2)11-13-8/h6H,4-5H2,1-3H3. The van der Waals surface area contributed by atoms with Crippen molar-refractivity contribution in [2.75, 3.05) is 6.61 Å². The minimum absolute atomic E-state index is 0.0960. The second kappa shape index (κ2) is 2.80. The summed E-state index contributed by atoms with van der Waals surface area (Å²) < 4.78 is 10.7. The van der Waals surface area contributed by atoms with Crippen LogP contribution in [0.15, 0.2) is 4.52 Å². The van der Waals surface area contributed by atoms with Gasteiger partial charge >= 0.3 is 0 Å². The lowest BCUT2D eigenvalue weighted by Gasteiger charge is -2.22. The number of aromatic nitrogens is 2. The van der Waals surface area contributed by atoms with E-state index in [0.717, 1.165) is 13.0 Å². The molecule has 0 amide bonds. The Morgan fingerprint density at radius 1 is 1.54 bits per heavy atom. The van der Waals surface area contributed by atoms with Crippen LogP contribution < -0.4 is 0 Å². The van der Waals surface area contributed by atoms with Crippen LogP contribution in [0.25, 0.3) is 0 Å². The Balaban J connectivity index is 2.33. The zero-order valence-corrected chi connectivity index (χ0v) is 8.20. The summed E-state index contributed by atoms with van der Waals surface area (Å²) in [4.78, 5) is 4.26. The normalized spacial score (nSPS) is 33.9. The molecule has 0 radical (unpaired) electrons. The molecule has 1 aromatic rings. The Morgan fingerprint density at radius 3 is 2.77 bits per heavy atom. The Labute approximate surface area is 77.3 Å². The average molecular weight is 182 g/mol. The number of aryl methyl sites for hydroxylation is 1. The fourth-order valence-electron chi connectivity index (χ4n) is 1.64. The second-order valence-corrected chi connectivity index (χ2v) is 3.83. The molecule has 0 saturated carbocycles. The highest BCUT2D eigenvalue weighted by Gasteiger charge is 2.43. The number of ether oxygens (including phenoxy) is 1. The molecule has 1 aliphatic rings. The lowest BCUT2D eigenvalue weighted by Crippen LogP contribution is -2.30. The summed E-state index contributed by atoms with van der Waals surface area (Å²) in [7, 11) is 0. The van der Waals surface area contributed by atoms with Crippen LogP contribution in [0.1, 0.15) is 32.0 Å². The van der Waals surface area contributed by atoms with E-state index in [1.54, 1.807) is 0 Å². The third kappa shape index (κ3) is 1.25. The zero-order valence-electron chi connectivity index (χ0n) is 8.20. The van der Waals surface area contributed by atoms with Crippen molar-refractivity contribution in [3.8, 4) is 0 Å². The van der Waals surface area contributed by atoms with E-state index in [9.17, 15) is 0 Å². The van der Waals surface area contributed by atoms with Gasteiger partial charge in [0.15, 0.2) is 5.82 Å². The van der Waals surface area contributed by atoms with Crippen molar-refractivity contribution in [1.29, 1.82) is 0 Å². The van der Waals surface area contributed by atoms with E-state index in [1.165, 1.54) is 0 Å². The summed E-state index contributed by atoms with van der Waals surface area (Å²) in [6, 6.07) is 0. The van der Waals surface area contributed by atoms with Crippen LogP contribution in [-0.2, 0) is 10.2 Å². The van der Waals surface area contributed by atoms with E-state index >= 15 is 0 Å². The Bertz CT molecular complexity index is 310. The highest BCUT2D eigenvalue weighted by molar-refractivity contribution is 5.08. The molecule has 2 atom stereocenters. The maximum atomic E-state index is 5.50. The smallest absolute Gasteiger partial charge is 0.235 e. The predicted molar refractivity (Wildman–Crippen MR) is 46.4 cm³/mol. The summed E-state index contributed by atoms with van der Waals surface area (Å²) in [6.45, 7) is 6.76. The van der Waals surface area contributed by atoms with E-state index in [4.69, 9.17) is 9.26 Å². The van der Waals surface area contributed by atoms with Crippen molar-refractivity contribution >= 4 is 0 Å². The van der Waals surface area contributed by atoms with Gasteiger partial charge in [-0.25, -0.2) is 0 Å². The first-order valence-corrected chi connectivity index (χ1v) is 4.55. The van der Waals surface area contributed by atoms with Crippen LogP contribution in [0.5, 0.6) is 0 Å².